The summed E-state index contributed by atoms with van der Waals surface area (Å²) in [6.45, 7) is 1.79. The fourth-order valence-electron chi connectivity index (χ4n) is 2.44. The van der Waals surface area contributed by atoms with E-state index in [2.05, 4.69) is 5.32 Å². The zero-order valence-electron chi connectivity index (χ0n) is 12.7. The fourth-order valence-corrected chi connectivity index (χ4v) is 2.44. The van der Waals surface area contributed by atoms with Crippen LogP contribution in [-0.4, -0.2) is 5.91 Å². The first-order valence-electron chi connectivity index (χ1n) is 7.20. The van der Waals surface area contributed by atoms with Gasteiger partial charge in [-0.25, -0.2) is 13.6 Å². The third kappa shape index (κ3) is 3.32. The predicted octanol–water partition coefficient (Wildman–Crippen LogP) is 3.56. The van der Waals surface area contributed by atoms with Crippen molar-refractivity contribution < 1.29 is 18.0 Å². The van der Waals surface area contributed by atoms with Gasteiger partial charge < -0.3 is 9.73 Å². The van der Waals surface area contributed by atoms with Gasteiger partial charge in [-0.2, -0.15) is 0 Å². The number of hydrogen-bond acceptors (Lipinski definition) is 3. The second-order valence-corrected chi connectivity index (χ2v) is 5.43. The van der Waals surface area contributed by atoms with Crippen LogP contribution in [0.2, 0.25) is 0 Å². The quantitative estimate of drug-likeness (QED) is 0.748. The summed E-state index contributed by atoms with van der Waals surface area (Å²) in [4.78, 5) is 23.4. The van der Waals surface area contributed by atoms with Crippen LogP contribution in [-0.2, 0) is 11.2 Å². The molecule has 0 aliphatic carbocycles. The van der Waals surface area contributed by atoms with Crippen LogP contribution in [0.1, 0.15) is 11.1 Å². The van der Waals surface area contributed by atoms with Crippen LogP contribution in [0.4, 0.5) is 14.5 Å². The van der Waals surface area contributed by atoms with Gasteiger partial charge in [0, 0.05) is 23.2 Å². The Morgan fingerprint density at radius 2 is 1.88 bits per heavy atom. The van der Waals surface area contributed by atoms with Crippen molar-refractivity contribution in [2.45, 2.75) is 13.3 Å². The zero-order chi connectivity index (χ0) is 17.3. The van der Waals surface area contributed by atoms with E-state index in [0.29, 0.717) is 16.8 Å². The van der Waals surface area contributed by atoms with E-state index in [1.165, 1.54) is 12.1 Å². The SMILES string of the molecule is Cc1cc(=O)oc2cc(NC(=O)Cc3ccc(F)c(F)c3)ccc12. The highest BCUT2D eigenvalue weighted by Crippen LogP contribution is 2.21. The molecule has 0 aliphatic heterocycles. The summed E-state index contributed by atoms with van der Waals surface area (Å²) < 4.78 is 31.2. The number of hydrogen-bond donors (Lipinski definition) is 1. The summed E-state index contributed by atoms with van der Waals surface area (Å²) in [7, 11) is 0. The first-order valence-corrected chi connectivity index (χ1v) is 7.20. The summed E-state index contributed by atoms with van der Waals surface area (Å²) >= 11 is 0. The molecule has 2 aromatic carbocycles. The maximum atomic E-state index is 13.2. The molecule has 1 heterocycles. The van der Waals surface area contributed by atoms with E-state index >= 15 is 0 Å². The van der Waals surface area contributed by atoms with Crippen LogP contribution in [0.5, 0.6) is 0 Å². The largest absolute Gasteiger partial charge is 0.423 e. The third-order valence-corrected chi connectivity index (χ3v) is 3.58. The lowest BCUT2D eigenvalue weighted by Crippen LogP contribution is -2.14. The lowest BCUT2D eigenvalue weighted by Gasteiger charge is -2.07. The van der Waals surface area contributed by atoms with Gasteiger partial charge in [0.2, 0.25) is 5.91 Å². The van der Waals surface area contributed by atoms with Gasteiger partial charge in [-0.15, -0.1) is 0 Å². The molecule has 122 valence electrons. The second kappa shape index (κ2) is 6.23. The molecule has 3 aromatic rings. The van der Waals surface area contributed by atoms with Crippen molar-refractivity contribution in [3.05, 3.63) is 75.6 Å². The molecule has 0 bridgehead atoms. The molecule has 24 heavy (non-hydrogen) atoms. The van der Waals surface area contributed by atoms with Crippen molar-refractivity contribution in [2.24, 2.45) is 0 Å². The Morgan fingerprint density at radius 3 is 2.62 bits per heavy atom. The number of rotatable bonds is 3. The summed E-state index contributed by atoms with van der Waals surface area (Å²) in [6, 6.07) is 9.67. The van der Waals surface area contributed by atoms with E-state index in [-0.39, 0.29) is 6.42 Å². The number of carbonyl (C=O) groups excluding carboxylic acids is 1. The normalized spacial score (nSPS) is 10.8. The van der Waals surface area contributed by atoms with E-state index in [1.807, 2.05) is 0 Å². The molecule has 4 nitrogen and oxygen atoms in total. The van der Waals surface area contributed by atoms with Crippen LogP contribution >= 0.6 is 0 Å². The number of nitrogens with one attached hydrogen (secondary N) is 1. The third-order valence-electron chi connectivity index (χ3n) is 3.58. The van der Waals surface area contributed by atoms with Gasteiger partial charge >= 0.3 is 5.63 Å². The molecule has 6 heteroatoms. The average molecular weight is 329 g/mol. The number of aryl methyl sites for hydroxylation is 1. The molecule has 0 aliphatic rings. The van der Waals surface area contributed by atoms with Gasteiger partial charge in [-0.05, 0) is 42.3 Å². The highest BCUT2D eigenvalue weighted by atomic mass is 19.2. The Morgan fingerprint density at radius 1 is 1.08 bits per heavy atom. The monoisotopic (exact) mass is 329 g/mol. The molecule has 1 aromatic heterocycles. The summed E-state index contributed by atoms with van der Waals surface area (Å²) in [5, 5.41) is 3.41. The molecule has 1 N–H and O–H groups in total. The molecule has 0 atom stereocenters. The first kappa shape index (κ1) is 15.9. The summed E-state index contributed by atoms with van der Waals surface area (Å²) in [6.07, 6.45) is -0.104. The van der Waals surface area contributed by atoms with Crippen molar-refractivity contribution in [3.63, 3.8) is 0 Å². The second-order valence-electron chi connectivity index (χ2n) is 5.43. The smallest absolute Gasteiger partial charge is 0.336 e. The van der Waals surface area contributed by atoms with Crippen molar-refractivity contribution in [2.75, 3.05) is 5.32 Å². The molecule has 0 spiro atoms. The lowest BCUT2D eigenvalue weighted by atomic mass is 10.1. The number of carbonyl (C=O) groups is 1. The summed E-state index contributed by atoms with van der Waals surface area (Å²) in [5.74, 6) is -2.35. The lowest BCUT2D eigenvalue weighted by molar-refractivity contribution is -0.115. The van der Waals surface area contributed by atoms with Gasteiger partial charge in [0.15, 0.2) is 11.6 Å². The van der Waals surface area contributed by atoms with E-state index in [4.69, 9.17) is 4.42 Å². The first-order chi connectivity index (χ1) is 11.4. The van der Waals surface area contributed by atoms with Crippen LogP contribution in [0.25, 0.3) is 11.0 Å². The number of benzene rings is 2. The molecule has 0 saturated heterocycles. The summed E-state index contributed by atoms with van der Waals surface area (Å²) in [5.41, 5.74) is 1.48. The van der Waals surface area contributed by atoms with Gasteiger partial charge in [-0.3, -0.25) is 4.79 Å². The van der Waals surface area contributed by atoms with Crippen molar-refractivity contribution >= 4 is 22.6 Å². The van der Waals surface area contributed by atoms with Crippen molar-refractivity contribution in [3.8, 4) is 0 Å². The minimum Gasteiger partial charge on any atom is -0.423 e. The van der Waals surface area contributed by atoms with Crippen molar-refractivity contribution in [1.82, 2.24) is 0 Å². The van der Waals surface area contributed by atoms with E-state index in [9.17, 15) is 18.4 Å². The van der Waals surface area contributed by atoms with Crippen LogP contribution in [0.3, 0.4) is 0 Å². The Labute approximate surface area is 135 Å². The molecule has 3 rings (SSSR count). The van der Waals surface area contributed by atoms with Crippen LogP contribution in [0.15, 0.2) is 51.7 Å². The van der Waals surface area contributed by atoms with Gasteiger partial charge in [-0.1, -0.05) is 6.07 Å². The Bertz CT molecular complexity index is 995. The van der Waals surface area contributed by atoms with Gasteiger partial charge in [0.05, 0.1) is 6.42 Å². The van der Waals surface area contributed by atoms with E-state index in [0.717, 1.165) is 23.1 Å². The number of amides is 1. The predicted molar refractivity (Wildman–Crippen MR) is 85.9 cm³/mol. The van der Waals surface area contributed by atoms with Gasteiger partial charge in [0.1, 0.15) is 5.58 Å². The average Bonchev–Trinajstić information content (AvgIpc) is 2.50. The standard InChI is InChI=1S/C18H13F2NO3/c1-10-6-18(23)24-16-9-12(3-4-13(10)16)21-17(22)8-11-2-5-14(19)15(20)7-11/h2-7,9H,8H2,1H3,(H,21,22). The topological polar surface area (TPSA) is 59.3 Å². The van der Waals surface area contributed by atoms with E-state index < -0.39 is 23.2 Å². The zero-order valence-corrected chi connectivity index (χ0v) is 12.7. The molecule has 0 fully saturated rings. The minimum atomic E-state index is -0.997. The number of halogens is 2. The highest BCUT2D eigenvalue weighted by Gasteiger charge is 2.09. The van der Waals surface area contributed by atoms with Gasteiger partial charge in [0.25, 0.3) is 0 Å². The van der Waals surface area contributed by atoms with E-state index in [1.54, 1.807) is 25.1 Å². The highest BCUT2D eigenvalue weighted by molar-refractivity contribution is 5.94. The Hall–Kier alpha value is -3.02. The minimum absolute atomic E-state index is 0.104. The molecule has 1 amide bonds. The fraction of sp³-hybridized carbons (Fsp3) is 0.111. The maximum Gasteiger partial charge on any atom is 0.336 e. The van der Waals surface area contributed by atoms with Crippen LogP contribution < -0.4 is 10.9 Å². The molecule has 0 unspecified atom stereocenters. The van der Waals surface area contributed by atoms with Crippen molar-refractivity contribution in [1.29, 1.82) is 0 Å². The molecular weight excluding hydrogens is 316 g/mol. The van der Waals surface area contributed by atoms with Crippen LogP contribution in [0, 0.1) is 18.6 Å². The molecule has 0 radical (unpaired) electrons. The number of anilines is 1. The maximum absolute atomic E-state index is 13.2. The molecular formula is C18H13F2NO3. The molecule has 0 saturated carbocycles. The number of fused-ring (bicyclic) bond motifs is 1. The Kier molecular flexibility index (Phi) is 4.12. The Balaban J connectivity index is 1.80.